The molecule has 180 valence electrons. The lowest BCUT2D eigenvalue weighted by atomic mass is 10.1. The summed E-state index contributed by atoms with van der Waals surface area (Å²) in [6.07, 6.45) is 4.50. The molecule has 0 saturated heterocycles. The lowest BCUT2D eigenvalue weighted by Gasteiger charge is -2.26. The number of furan rings is 1. The Hall–Kier alpha value is -3.74. The lowest BCUT2D eigenvalue weighted by molar-refractivity contribution is 0.0952. The predicted molar refractivity (Wildman–Crippen MR) is 135 cm³/mol. The highest BCUT2D eigenvalue weighted by atomic mass is 16.5. The Kier molecular flexibility index (Phi) is 9.14. The van der Waals surface area contributed by atoms with Crippen LogP contribution in [0, 0.1) is 0 Å². The van der Waals surface area contributed by atoms with E-state index in [0.717, 1.165) is 37.3 Å². The Bertz CT molecular complexity index is 1060. The van der Waals surface area contributed by atoms with E-state index in [1.165, 1.54) is 0 Å². The third-order valence-electron chi connectivity index (χ3n) is 5.44. The van der Waals surface area contributed by atoms with Gasteiger partial charge in [0.1, 0.15) is 11.5 Å². The van der Waals surface area contributed by atoms with Crippen molar-refractivity contribution in [3.63, 3.8) is 0 Å². The van der Waals surface area contributed by atoms with Crippen molar-refractivity contribution < 1.29 is 18.7 Å². The minimum absolute atomic E-state index is 0.168. The zero-order valence-electron chi connectivity index (χ0n) is 20.1. The van der Waals surface area contributed by atoms with E-state index in [4.69, 9.17) is 9.15 Å². The molecular weight excluding hydrogens is 430 g/mol. The van der Waals surface area contributed by atoms with Gasteiger partial charge in [-0.25, -0.2) is 0 Å². The van der Waals surface area contributed by atoms with Crippen molar-refractivity contribution in [3.8, 4) is 5.75 Å². The van der Waals surface area contributed by atoms with Crippen molar-refractivity contribution in [2.75, 3.05) is 30.4 Å². The Morgan fingerprint density at radius 3 is 2.44 bits per heavy atom. The second-order valence-electron chi connectivity index (χ2n) is 8.02. The molecule has 0 aliphatic carbocycles. The van der Waals surface area contributed by atoms with Crippen LogP contribution < -0.4 is 20.3 Å². The molecular formula is C27H33N3O4. The monoisotopic (exact) mass is 463 g/mol. The van der Waals surface area contributed by atoms with Crippen molar-refractivity contribution in [3.05, 3.63) is 77.7 Å². The van der Waals surface area contributed by atoms with Crippen LogP contribution in [0.4, 0.5) is 11.4 Å². The van der Waals surface area contributed by atoms with Crippen LogP contribution in [-0.4, -0.2) is 32.0 Å². The van der Waals surface area contributed by atoms with E-state index in [0.29, 0.717) is 35.7 Å². The number of amides is 2. The van der Waals surface area contributed by atoms with E-state index in [1.54, 1.807) is 43.7 Å². The molecule has 1 aromatic heterocycles. The molecule has 0 aliphatic rings. The molecule has 0 atom stereocenters. The van der Waals surface area contributed by atoms with Gasteiger partial charge in [-0.05, 0) is 67.4 Å². The van der Waals surface area contributed by atoms with Gasteiger partial charge in [-0.1, -0.05) is 20.3 Å². The molecule has 7 heteroatoms. The van der Waals surface area contributed by atoms with Crippen molar-refractivity contribution in [2.45, 2.75) is 39.7 Å². The minimum Gasteiger partial charge on any atom is -0.497 e. The summed E-state index contributed by atoms with van der Waals surface area (Å²) >= 11 is 0. The fourth-order valence-corrected chi connectivity index (χ4v) is 3.58. The van der Waals surface area contributed by atoms with Crippen molar-refractivity contribution in [1.82, 2.24) is 5.32 Å². The zero-order valence-corrected chi connectivity index (χ0v) is 20.1. The summed E-state index contributed by atoms with van der Waals surface area (Å²) in [5, 5.41) is 5.87. The van der Waals surface area contributed by atoms with E-state index < -0.39 is 0 Å². The van der Waals surface area contributed by atoms with Crippen LogP contribution in [0.25, 0.3) is 0 Å². The SMILES string of the molecule is CCCCN(Cc1ccco1)c1ccc(NC(=O)c2ccc(OC)cc2)cc1C(=O)NCCC. The van der Waals surface area contributed by atoms with Crippen LogP contribution in [0.3, 0.4) is 0 Å². The molecule has 3 rings (SSSR count). The number of rotatable bonds is 12. The van der Waals surface area contributed by atoms with Gasteiger partial charge in [0.2, 0.25) is 0 Å². The number of ether oxygens (including phenoxy) is 1. The van der Waals surface area contributed by atoms with Gasteiger partial charge < -0.3 is 24.7 Å². The van der Waals surface area contributed by atoms with Crippen LogP contribution in [0.5, 0.6) is 5.75 Å². The first-order valence-corrected chi connectivity index (χ1v) is 11.7. The summed E-state index contributed by atoms with van der Waals surface area (Å²) in [6.45, 7) is 6.06. The van der Waals surface area contributed by atoms with E-state index in [-0.39, 0.29) is 11.8 Å². The van der Waals surface area contributed by atoms with Crippen molar-refractivity contribution >= 4 is 23.2 Å². The van der Waals surface area contributed by atoms with Gasteiger partial charge in [-0.2, -0.15) is 0 Å². The quantitative estimate of drug-likeness (QED) is 0.371. The second kappa shape index (κ2) is 12.5. The summed E-state index contributed by atoms with van der Waals surface area (Å²) < 4.78 is 10.7. The lowest BCUT2D eigenvalue weighted by Crippen LogP contribution is -2.30. The number of methoxy groups -OCH3 is 1. The third kappa shape index (κ3) is 6.63. The molecule has 0 unspecified atom stereocenters. The van der Waals surface area contributed by atoms with Crippen LogP contribution in [0.1, 0.15) is 59.6 Å². The topological polar surface area (TPSA) is 83.8 Å². The average Bonchev–Trinajstić information content (AvgIpc) is 3.38. The maximum atomic E-state index is 13.1. The molecule has 7 nitrogen and oxygen atoms in total. The minimum atomic E-state index is -0.256. The van der Waals surface area contributed by atoms with Crippen molar-refractivity contribution in [1.29, 1.82) is 0 Å². The average molecular weight is 464 g/mol. The fraction of sp³-hybridized carbons (Fsp3) is 0.333. The van der Waals surface area contributed by atoms with E-state index >= 15 is 0 Å². The molecule has 0 spiro atoms. The highest BCUT2D eigenvalue weighted by Gasteiger charge is 2.19. The largest absolute Gasteiger partial charge is 0.497 e. The molecule has 0 saturated carbocycles. The molecule has 0 bridgehead atoms. The number of benzene rings is 2. The second-order valence-corrected chi connectivity index (χ2v) is 8.02. The van der Waals surface area contributed by atoms with Gasteiger partial charge >= 0.3 is 0 Å². The number of hydrogen-bond donors (Lipinski definition) is 2. The number of unbranched alkanes of at least 4 members (excludes halogenated alkanes) is 1. The molecule has 2 aromatic carbocycles. The number of nitrogens with one attached hydrogen (secondary N) is 2. The summed E-state index contributed by atoms with van der Waals surface area (Å²) in [5.74, 6) is 1.08. The van der Waals surface area contributed by atoms with Gasteiger partial charge in [0, 0.05) is 24.3 Å². The van der Waals surface area contributed by atoms with Crippen LogP contribution in [0.15, 0.2) is 65.3 Å². The molecule has 1 heterocycles. The Balaban J connectivity index is 1.90. The van der Waals surface area contributed by atoms with Gasteiger partial charge in [-0.15, -0.1) is 0 Å². The maximum absolute atomic E-state index is 13.1. The summed E-state index contributed by atoms with van der Waals surface area (Å²) in [6, 6.07) is 16.1. The number of carbonyl (C=O) groups excluding carboxylic acids is 2. The molecule has 34 heavy (non-hydrogen) atoms. The molecule has 0 aliphatic heterocycles. The Labute approximate surface area is 201 Å². The highest BCUT2D eigenvalue weighted by Crippen LogP contribution is 2.27. The van der Waals surface area contributed by atoms with Gasteiger partial charge in [-0.3, -0.25) is 9.59 Å². The highest BCUT2D eigenvalue weighted by molar-refractivity contribution is 6.06. The first-order chi connectivity index (χ1) is 16.5. The number of anilines is 2. The molecule has 2 N–H and O–H groups in total. The van der Waals surface area contributed by atoms with Gasteiger partial charge in [0.25, 0.3) is 11.8 Å². The number of carbonyl (C=O) groups is 2. The molecule has 2 amide bonds. The van der Waals surface area contributed by atoms with Gasteiger partial charge in [0.05, 0.1) is 31.2 Å². The van der Waals surface area contributed by atoms with Gasteiger partial charge in [0.15, 0.2) is 0 Å². The first kappa shape index (κ1) is 24.9. The maximum Gasteiger partial charge on any atom is 0.255 e. The third-order valence-corrected chi connectivity index (χ3v) is 5.44. The van der Waals surface area contributed by atoms with Crippen LogP contribution in [0.2, 0.25) is 0 Å². The van der Waals surface area contributed by atoms with E-state index in [9.17, 15) is 9.59 Å². The summed E-state index contributed by atoms with van der Waals surface area (Å²) in [7, 11) is 1.58. The fourth-order valence-electron chi connectivity index (χ4n) is 3.58. The smallest absolute Gasteiger partial charge is 0.255 e. The Morgan fingerprint density at radius 2 is 1.79 bits per heavy atom. The Morgan fingerprint density at radius 1 is 1.00 bits per heavy atom. The number of hydrogen-bond acceptors (Lipinski definition) is 5. The summed E-state index contributed by atoms with van der Waals surface area (Å²) in [4.78, 5) is 28.0. The molecule has 0 radical (unpaired) electrons. The van der Waals surface area contributed by atoms with Crippen LogP contribution in [-0.2, 0) is 6.54 Å². The normalized spacial score (nSPS) is 10.6. The predicted octanol–water partition coefficient (Wildman–Crippen LogP) is 5.49. The molecule has 0 fully saturated rings. The number of nitrogens with zero attached hydrogens (tertiary/aromatic N) is 1. The first-order valence-electron chi connectivity index (χ1n) is 11.7. The molecule has 3 aromatic rings. The standard InChI is InChI=1S/C27H33N3O4/c1-4-6-16-30(19-23-8-7-17-34-23)25-14-11-21(18-24(25)27(32)28-15-5-2)29-26(31)20-9-12-22(33-3)13-10-20/h7-14,17-18H,4-6,15-16,19H2,1-3H3,(H,28,32)(H,29,31). The van der Waals surface area contributed by atoms with Crippen LogP contribution >= 0.6 is 0 Å². The van der Waals surface area contributed by atoms with Crippen molar-refractivity contribution in [2.24, 2.45) is 0 Å². The summed E-state index contributed by atoms with van der Waals surface area (Å²) in [5.41, 5.74) is 2.38. The zero-order chi connectivity index (χ0) is 24.3. The van der Waals surface area contributed by atoms with E-state index in [1.807, 2.05) is 31.2 Å². The van der Waals surface area contributed by atoms with E-state index in [2.05, 4.69) is 22.5 Å².